The molecule has 0 spiro atoms. The molecule has 1 saturated heterocycles. The third-order valence-electron chi connectivity index (χ3n) is 4.11. The third-order valence-corrected chi connectivity index (χ3v) is 5.42. The second-order valence-electron chi connectivity index (χ2n) is 5.43. The maximum Gasteiger partial charge on any atom is 0.311 e. The van der Waals surface area contributed by atoms with Crippen LogP contribution in [0.1, 0.15) is 19.0 Å². The van der Waals surface area contributed by atoms with Crippen LogP contribution < -0.4 is 4.87 Å². The van der Waals surface area contributed by atoms with Crippen LogP contribution in [0, 0.1) is 5.92 Å². The van der Waals surface area contributed by atoms with Crippen LogP contribution in [0.4, 0.5) is 0 Å². The number of rotatable bonds is 4. The Morgan fingerprint density at radius 2 is 2.23 bits per heavy atom. The van der Waals surface area contributed by atoms with Gasteiger partial charge < -0.3 is 5.11 Å². The van der Waals surface area contributed by atoms with Crippen LogP contribution in [0.25, 0.3) is 10.3 Å². The summed E-state index contributed by atoms with van der Waals surface area (Å²) in [6.07, 6.45) is 3.51. The van der Waals surface area contributed by atoms with E-state index in [0.29, 0.717) is 23.4 Å². The van der Waals surface area contributed by atoms with Gasteiger partial charge in [-0.2, -0.15) is 0 Å². The van der Waals surface area contributed by atoms with Gasteiger partial charge in [-0.1, -0.05) is 11.3 Å². The minimum atomic E-state index is -0.614. The summed E-state index contributed by atoms with van der Waals surface area (Å²) < 4.78 is 2.29. The first-order chi connectivity index (χ1) is 10.6. The van der Waals surface area contributed by atoms with Crippen LogP contribution in [0.2, 0.25) is 0 Å². The summed E-state index contributed by atoms with van der Waals surface area (Å²) >= 11 is 4.41. The van der Waals surface area contributed by atoms with E-state index in [1.54, 1.807) is 6.20 Å². The van der Waals surface area contributed by atoms with Crippen LogP contribution in [0.15, 0.2) is 21.5 Å². The number of hydrogen-bond donors (Lipinski definition) is 1. The molecule has 0 saturated carbocycles. The minimum Gasteiger partial charge on any atom is -0.396 e. The number of carbonyl (C=O) groups is 1. The lowest BCUT2D eigenvalue weighted by Gasteiger charge is -2.34. The van der Waals surface area contributed by atoms with E-state index >= 15 is 0 Å². The van der Waals surface area contributed by atoms with Gasteiger partial charge in [0.05, 0.1) is 5.52 Å². The van der Waals surface area contributed by atoms with Gasteiger partial charge in [0.25, 0.3) is 0 Å². The summed E-state index contributed by atoms with van der Waals surface area (Å²) in [6, 6.07) is 1.82. The Kier molecular flexibility index (Phi) is 4.72. The zero-order valence-electron chi connectivity index (χ0n) is 11.8. The number of fused-ring (bicyclic) bond motifs is 1. The highest BCUT2D eigenvalue weighted by molar-refractivity contribution is 9.10. The van der Waals surface area contributed by atoms with Gasteiger partial charge in [0.1, 0.15) is 11.0 Å². The highest BCUT2D eigenvalue weighted by Gasteiger charge is 2.28. The number of pyridine rings is 1. The molecule has 1 N–H and O–H groups in total. The number of aliphatic hydroxyl groups excluding tert-OH is 1. The molecule has 0 bridgehead atoms. The maximum absolute atomic E-state index is 12.3. The molecule has 1 unspecified atom stereocenters. The molecule has 1 aliphatic rings. The van der Waals surface area contributed by atoms with E-state index in [2.05, 4.69) is 20.9 Å². The lowest BCUT2D eigenvalue weighted by atomic mass is 9.97. The predicted octanol–water partition coefficient (Wildman–Crippen LogP) is 1.62. The number of nitrogens with zero attached hydrogens (tertiary/aromatic N) is 3. The summed E-state index contributed by atoms with van der Waals surface area (Å²) in [4.78, 5) is 30.6. The molecular formula is C14H16BrN3O3S. The first kappa shape index (κ1) is 15.8. The van der Waals surface area contributed by atoms with Gasteiger partial charge in [-0.15, -0.1) is 0 Å². The monoisotopic (exact) mass is 385 g/mol. The van der Waals surface area contributed by atoms with Gasteiger partial charge in [-0.25, -0.2) is 4.98 Å². The normalized spacial score (nSPS) is 18.6. The van der Waals surface area contributed by atoms with Crippen molar-refractivity contribution in [3.8, 4) is 0 Å². The van der Waals surface area contributed by atoms with Crippen LogP contribution in [0.5, 0.6) is 0 Å². The zero-order valence-corrected chi connectivity index (χ0v) is 14.2. The quantitative estimate of drug-likeness (QED) is 0.809. The number of piperidine rings is 1. The van der Waals surface area contributed by atoms with Crippen molar-refractivity contribution in [2.75, 3.05) is 19.7 Å². The first-order valence-corrected chi connectivity index (χ1v) is 8.71. The average Bonchev–Trinajstić information content (AvgIpc) is 2.85. The Labute approximate surface area is 139 Å². The second-order valence-corrected chi connectivity index (χ2v) is 7.28. The van der Waals surface area contributed by atoms with Gasteiger partial charge in [0, 0.05) is 30.4 Å². The molecule has 2 aromatic rings. The van der Waals surface area contributed by atoms with Crippen molar-refractivity contribution in [2.24, 2.45) is 5.92 Å². The fourth-order valence-corrected chi connectivity index (χ4v) is 4.01. The molecule has 22 heavy (non-hydrogen) atoms. The number of thiazole rings is 1. The maximum atomic E-state index is 12.3. The van der Waals surface area contributed by atoms with E-state index < -0.39 is 6.17 Å². The van der Waals surface area contributed by atoms with Crippen LogP contribution in [-0.4, -0.2) is 45.5 Å². The van der Waals surface area contributed by atoms with E-state index in [4.69, 9.17) is 0 Å². The molecule has 0 amide bonds. The smallest absolute Gasteiger partial charge is 0.311 e. The summed E-state index contributed by atoms with van der Waals surface area (Å²) in [6.45, 7) is 1.57. The van der Waals surface area contributed by atoms with Gasteiger partial charge in [-0.3, -0.25) is 19.1 Å². The number of hydrogen-bond acceptors (Lipinski definition) is 6. The number of halogens is 1. The lowest BCUT2D eigenvalue weighted by molar-refractivity contribution is -0.116. The van der Waals surface area contributed by atoms with E-state index in [0.717, 1.165) is 34.9 Å². The van der Waals surface area contributed by atoms with E-state index in [1.807, 2.05) is 11.0 Å². The topological polar surface area (TPSA) is 75.4 Å². The third kappa shape index (κ3) is 2.88. The molecule has 3 rings (SSSR count). The van der Waals surface area contributed by atoms with Gasteiger partial charge >= 0.3 is 4.87 Å². The Balaban J connectivity index is 1.97. The molecule has 1 fully saturated rings. The Morgan fingerprint density at radius 3 is 2.86 bits per heavy atom. The Morgan fingerprint density at radius 1 is 1.50 bits per heavy atom. The Hall–Kier alpha value is -1.09. The van der Waals surface area contributed by atoms with Gasteiger partial charge in [0.2, 0.25) is 0 Å². The Bertz CT molecular complexity index is 736. The number of aldehydes is 1. The molecular weight excluding hydrogens is 370 g/mol. The van der Waals surface area contributed by atoms with Crippen LogP contribution >= 0.6 is 27.3 Å². The molecule has 0 radical (unpaired) electrons. The van der Waals surface area contributed by atoms with E-state index in [9.17, 15) is 14.7 Å². The molecule has 8 heteroatoms. The van der Waals surface area contributed by atoms with Crippen molar-refractivity contribution in [1.29, 1.82) is 0 Å². The van der Waals surface area contributed by atoms with Crippen molar-refractivity contribution in [2.45, 2.75) is 19.0 Å². The SMILES string of the molecule is O=CC(N1CCC(CO)CC1)n1c(=O)sc2ncc(Br)cc21. The standard InChI is InChI=1S/C14H16BrN3O3S/c15-10-5-11-13(16-6-10)22-14(21)18(11)12(8-20)17-3-1-9(7-19)2-4-17/h5-6,8-9,12,19H,1-4,7H2. The molecule has 3 heterocycles. The molecule has 118 valence electrons. The molecule has 6 nitrogen and oxygen atoms in total. The number of aromatic nitrogens is 2. The average molecular weight is 386 g/mol. The van der Waals surface area contributed by atoms with Gasteiger partial charge in [-0.05, 0) is 40.8 Å². The van der Waals surface area contributed by atoms with Crippen LogP contribution in [0.3, 0.4) is 0 Å². The van der Waals surface area contributed by atoms with Crippen molar-refractivity contribution in [1.82, 2.24) is 14.5 Å². The summed E-state index contributed by atoms with van der Waals surface area (Å²) in [5.74, 6) is 0.287. The largest absolute Gasteiger partial charge is 0.396 e. The molecule has 1 aliphatic heterocycles. The predicted molar refractivity (Wildman–Crippen MR) is 88.1 cm³/mol. The highest BCUT2D eigenvalue weighted by atomic mass is 79.9. The molecule has 2 aromatic heterocycles. The number of aliphatic hydroxyl groups is 1. The molecule has 0 aromatic carbocycles. The van der Waals surface area contributed by atoms with Crippen molar-refractivity contribution in [3.05, 3.63) is 26.4 Å². The van der Waals surface area contributed by atoms with Crippen molar-refractivity contribution < 1.29 is 9.90 Å². The van der Waals surface area contributed by atoms with E-state index in [-0.39, 0.29) is 17.4 Å². The van der Waals surface area contributed by atoms with Gasteiger partial charge in [0.15, 0.2) is 6.29 Å². The first-order valence-electron chi connectivity index (χ1n) is 7.11. The summed E-state index contributed by atoms with van der Waals surface area (Å²) in [5, 5.41) is 9.22. The van der Waals surface area contributed by atoms with Crippen molar-refractivity contribution >= 4 is 43.9 Å². The fraction of sp³-hybridized carbons (Fsp3) is 0.500. The lowest BCUT2D eigenvalue weighted by Crippen LogP contribution is -2.42. The molecule has 1 atom stereocenters. The second kappa shape index (κ2) is 6.57. The van der Waals surface area contributed by atoms with Crippen molar-refractivity contribution in [3.63, 3.8) is 0 Å². The summed E-state index contributed by atoms with van der Waals surface area (Å²) in [7, 11) is 0. The minimum absolute atomic E-state index is 0.178. The highest BCUT2D eigenvalue weighted by Crippen LogP contribution is 2.26. The number of likely N-dealkylation sites (tertiary alicyclic amines) is 1. The zero-order chi connectivity index (χ0) is 15.7. The van der Waals surface area contributed by atoms with Crippen LogP contribution in [-0.2, 0) is 4.79 Å². The molecule has 0 aliphatic carbocycles. The number of carbonyl (C=O) groups excluding carboxylic acids is 1. The summed E-state index contributed by atoms with van der Waals surface area (Å²) in [5.41, 5.74) is 0.672. The van der Waals surface area contributed by atoms with E-state index in [1.165, 1.54) is 4.57 Å². The fourth-order valence-electron chi connectivity index (χ4n) is 2.86.